The van der Waals surface area contributed by atoms with Gasteiger partial charge >= 0.3 is 0 Å². The van der Waals surface area contributed by atoms with Gasteiger partial charge in [-0.3, -0.25) is 0 Å². The van der Waals surface area contributed by atoms with Gasteiger partial charge in [-0.05, 0) is 61.8 Å². The van der Waals surface area contributed by atoms with E-state index in [1.807, 2.05) is 6.92 Å². The maximum atomic E-state index is 9.38. The highest BCUT2D eigenvalue weighted by atomic mass is 16.5. The van der Waals surface area contributed by atoms with Gasteiger partial charge in [0.05, 0.1) is 13.2 Å². The van der Waals surface area contributed by atoms with E-state index >= 15 is 0 Å². The van der Waals surface area contributed by atoms with Crippen LogP contribution in [0.3, 0.4) is 0 Å². The molecule has 0 fully saturated rings. The number of fused-ring (bicyclic) bond motifs is 1. The average molecular weight is 319 g/mol. The number of rotatable bonds is 10. The second-order valence-corrected chi connectivity index (χ2v) is 7.38. The molecule has 0 amide bonds. The number of aliphatic hydroxyl groups excluding tert-OH is 1. The van der Waals surface area contributed by atoms with Gasteiger partial charge in [0.2, 0.25) is 0 Å². The van der Waals surface area contributed by atoms with E-state index in [4.69, 9.17) is 10.5 Å². The van der Waals surface area contributed by atoms with Crippen molar-refractivity contribution in [3.63, 3.8) is 0 Å². The summed E-state index contributed by atoms with van der Waals surface area (Å²) >= 11 is 0. The van der Waals surface area contributed by atoms with Gasteiger partial charge in [0.1, 0.15) is 5.75 Å². The van der Waals surface area contributed by atoms with Gasteiger partial charge in [0.15, 0.2) is 0 Å². The molecule has 0 aliphatic heterocycles. The topological polar surface area (TPSA) is 55.5 Å². The van der Waals surface area contributed by atoms with Crippen LogP contribution in [0.25, 0.3) is 0 Å². The molecule has 0 aromatic heterocycles. The van der Waals surface area contributed by atoms with Gasteiger partial charge in [0.25, 0.3) is 0 Å². The largest absolute Gasteiger partial charge is 0.494 e. The summed E-state index contributed by atoms with van der Waals surface area (Å²) in [5.41, 5.74) is 8.43. The highest BCUT2D eigenvalue weighted by molar-refractivity contribution is 5.41. The number of aliphatic hydroxyl groups is 1. The summed E-state index contributed by atoms with van der Waals surface area (Å²) in [6.45, 7) is 5.03. The van der Waals surface area contributed by atoms with Crippen molar-refractivity contribution >= 4 is 0 Å². The lowest BCUT2D eigenvalue weighted by Crippen LogP contribution is -2.41. The second-order valence-electron chi connectivity index (χ2n) is 7.38. The second kappa shape index (κ2) is 8.70. The molecule has 130 valence electrons. The zero-order chi connectivity index (χ0) is 16.7. The van der Waals surface area contributed by atoms with Gasteiger partial charge in [-0.15, -0.1) is 0 Å². The third-order valence-corrected chi connectivity index (χ3v) is 4.91. The van der Waals surface area contributed by atoms with Crippen molar-refractivity contribution in [2.45, 2.75) is 76.7 Å². The summed E-state index contributed by atoms with van der Waals surface area (Å²) in [6.07, 6.45) is 9.39. The lowest BCUT2D eigenvalue weighted by molar-refractivity contribution is 0.192. The van der Waals surface area contributed by atoms with E-state index < -0.39 is 5.54 Å². The molecule has 1 aromatic carbocycles. The standard InChI is InChI=1S/C20H33NO2/c1-3-4-5-6-7-12-23-18-10-11-19-16(13-18)8-9-17(19)14-20(2,21)15-22/h10-11,13,17,22H,3-9,12,14-15,21H2,1-2H3/t17-,20-/m1/s1. The molecule has 1 aromatic rings. The van der Waals surface area contributed by atoms with E-state index in [2.05, 4.69) is 25.1 Å². The molecule has 0 saturated heterocycles. The van der Waals surface area contributed by atoms with Crippen molar-refractivity contribution in [1.29, 1.82) is 0 Å². The van der Waals surface area contributed by atoms with Crippen LogP contribution in [0.15, 0.2) is 18.2 Å². The van der Waals surface area contributed by atoms with Crippen LogP contribution in [-0.4, -0.2) is 23.9 Å². The normalized spacial score (nSPS) is 19.4. The molecule has 3 nitrogen and oxygen atoms in total. The molecule has 0 bridgehead atoms. The van der Waals surface area contributed by atoms with Crippen molar-refractivity contribution in [1.82, 2.24) is 0 Å². The molecular weight excluding hydrogens is 286 g/mol. The van der Waals surface area contributed by atoms with E-state index in [1.54, 1.807) is 0 Å². The molecule has 1 aliphatic rings. The minimum atomic E-state index is -0.486. The smallest absolute Gasteiger partial charge is 0.119 e. The maximum absolute atomic E-state index is 9.38. The predicted octanol–water partition coefficient (Wildman–Crippen LogP) is 4.17. The predicted molar refractivity (Wildman–Crippen MR) is 96.1 cm³/mol. The van der Waals surface area contributed by atoms with Crippen LogP contribution >= 0.6 is 0 Å². The number of hydrogen-bond donors (Lipinski definition) is 2. The van der Waals surface area contributed by atoms with Gasteiger partial charge in [0, 0.05) is 5.54 Å². The summed E-state index contributed by atoms with van der Waals surface area (Å²) in [4.78, 5) is 0. The zero-order valence-corrected chi connectivity index (χ0v) is 14.8. The van der Waals surface area contributed by atoms with E-state index in [0.717, 1.165) is 38.0 Å². The highest BCUT2D eigenvalue weighted by Crippen LogP contribution is 2.39. The van der Waals surface area contributed by atoms with Gasteiger partial charge in [-0.1, -0.05) is 38.7 Å². The number of hydrogen-bond acceptors (Lipinski definition) is 3. The third kappa shape index (κ3) is 5.50. The molecule has 0 unspecified atom stereocenters. The summed E-state index contributed by atoms with van der Waals surface area (Å²) < 4.78 is 5.90. The molecule has 0 radical (unpaired) electrons. The Bertz CT molecular complexity index is 485. The fraction of sp³-hybridized carbons (Fsp3) is 0.700. The monoisotopic (exact) mass is 319 g/mol. The van der Waals surface area contributed by atoms with Crippen LogP contribution in [0.1, 0.15) is 75.8 Å². The zero-order valence-electron chi connectivity index (χ0n) is 14.8. The first-order valence-corrected chi connectivity index (χ1v) is 9.21. The van der Waals surface area contributed by atoms with Crippen molar-refractivity contribution in [2.24, 2.45) is 5.73 Å². The van der Waals surface area contributed by atoms with Crippen molar-refractivity contribution in [2.75, 3.05) is 13.2 Å². The summed E-state index contributed by atoms with van der Waals surface area (Å²) in [7, 11) is 0. The van der Waals surface area contributed by atoms with Crippen molar-refractivity contribution in [3.8, 4) is 5.75 Å². The molecule has 0 heterocycles. The summed E-state index contributed by atoms with van der Waals surface area (Å²) in [5, 5.41) is 9.38. The molecule has 23 heavy (non-hydrogen) atoms. The van der Waals surface area contributed by atoms with E-state index in [0.29, 0.717) is 5.92 Å². The number of ether oxygens (including phenoxy) is 1. The van der Waals surface area contributed by atoms with E-state index in [9.17, 15) is 5.11 Å². The van der Waals surface area contributed by atoms with Gasteiger partial charge < -0.3 is 15.6 Å². The minimum absolute atomic E-state index is 0.0397. The molecule has 1 aliphatic carbocycles. The number of benzene rings is 1. The Hall–Kier alpha value is -1.06. The number of unbranched alkanes of at least 4 members (excludes halogenated alkanes) is 4. The highest BCUT2D eigenvalue weighted by Gasteiger charge is 2.29. The van der Waals surface area contributed by atoms with Crippen molar-refractivity contribution in [3.05, 3.63) is 29.3 Å². The average Bonchev–Trinajstić information content (AvgIpc) is 2.92. The molecule has 3 heteroatoms. The molecule has 0 saturated carbocycles. The molecule has 2 rings (SSSR count). The number of aryl methyl sites for hydroxylation is 1. The van der Waals surface area contributed by atoms with Crippen molar-refractivity contribution < 1.29 is 9.84 Å². The lowest BCUT2D eigenvalue weighted by atomic mass is 9.87. The minimum Gasteiger partial charge on any atom is -0.494 e. The van der Waals surface area contributed by atoms with Crippen LogP contribution in [0.4, 0.5) is 0 Å². The molecular formula is C20H33NO2. The van der Waals surface area contributed by atoms with Crippen LogP contribution in [0, 0.1) is 0 Å². The SMILES string of the molecule is CCCCCCCOc1ccc2c(c1)CC[C@@H]2C[C@@](C)(N)CO. The Kier molecular flexibility index (Phi) is 6.91. The third-order valence-electron chi connectivity index (χ3n) is 4.91. The Labute approximate surface area is 141 Å². The first-order chi connectivity index (χ1) is 11.1. The van der Waals surface area contributed by atoms with Crippen LogP contribution in [0.5, 0.6) is 5.75 Å². The Morgan fingerprint density at radius 1 is 1.26 bits per heavy atom. The molecule has 2 atom stereocenters. The maximum Gasteiger partial charge on any atom is 0.119 e. The Balaban J connectivity index is 1.84. The van der Waals surface area contributed by atoms with Crippen LogP contribution < -0.4 is 10.5 Å². The van der Waals surface area contributed by atoms with Gasteiger partial charge in [-0.2, -0.15) is 0 Å². The van der Waals surface area contributed by atoms with Gasteiger partial charge in [-0.25, -0.2) is 0 Å². The summed E-state index contributed by atoms with van der Waals surface area (Å²) in [5.74, 6) is 1.47. The Morgan fingerprint density at radius 2 is 2.04 bits per heavy atom. The summed E-state index contributed by atoms with van der Waals surface area (Å²) in [6, 6.07) is 6.50. The fourth-order valence-corrected chi connectivity index (χ4v) is 3.51. The lowest BCUT2D eigenvalue weighted by Gasteiger charge is -2.26. The Morgan fingerprint density at radius 3 is 2.78 bits per heavy atom. The molecule has 3 N–H and O–H groups in total. The van der Waals surface area contributed by atoms with E-state index in [-0.39, 0.29) is 6.61 Å². The number of nitrogens with two attached hydrogens (primary N) is 1. The molecule has 0 spiro atoms. The first-order valence-electron chi connectivity index (χ1n) is 9.21. The fourth-order valence-electron chi connectivity index (χ4n) is 3.51. The first kappa shape index (κ1) is 18.3. The van der Waals surface area contributed by atoms with Crippen LogP contribution in [0.2, 0.25) is 0 Å². The van der Waals surface area contributed by atoms with Crippen LogP contribution in [-0.2, 0) is 6.42 Å². The quantitative estimate of drug-likeness (QED) is 0.637. The van der Waals surface area contributed by atoms with E-state index in [1.165, 1.54) is 36.8 Å².